The molecule has 0 fully saturated rings. The number of ether oxygens (including phenoxy) is 2. The van der Waals surface area contributed by atoms with Crippen molar-refractivity contribution in [2.75, 3.05) is 6.61 Å². The van der Waals surface area contributed by atoms with Gasteiger partial charge in [0.15, 0.2) is 0 Å². The number of carbonyl (C=O) groups excluding carboxylic acids is 3. The van der Waals surface area contributed by atoms with E-state index in [0.717, 1.165) is 51.4 Å². The number of carbonyl (C=O) groups is 4. The quantitative estimate of drug-likeness (QED) is 0.0162. The molecule has 0 aliphatic rings. The molecule has 51 heavy (non-hydrogen) atoms. The number of aliphatic carboxylic acids is 1. The Bertz CT molecular complexity index is 947. The molecule has 0 aromatic heterocycles. The van der Waals surface area contributed by atoms with Gasteiger partial charge in [0.05, 0.1) is 18.3 Å². The maximum absolute atomic E-state index is 13.1. The van der Waals surface area contributed by atoms with Crippen molar-refractivity contribution >= 4 is 23.9 Å². The summed E-state index contributed by atoms with van der Waals surface area (Å²) in [5.41, 5.74) is -0.764. The molecule has 0 aliphatic heterocycles. The van der Waals surface area contributed by atoms with E-state index >= 15 is 0 Å². The summed E-state index contributed by atoms with van der Waals surface area (Å²) in [7, 11) is 0. The van der Waals surface area contributed by atoms with Gasteiger partial charge in [-0.1, -0.05) is 175 Å². The van der Waals surface area contributed by atoms with Gasteiger partial charge in [0.25, 0.3) is 0 Å². The number of hydrogen-bond acceptors (Lipinski definition) is 9. The Kier molecular flexibility index (Phi) is 32.0. The highest BCUT2D eigenvalue weighted by Gasteiger charge is 2.37. The Hall–Kier alpha value is -2.30. The Morgan fingerprint density at radius 1 is 0.510 bits per heavy atom. The zero-order valence-electron chi connectivity index (χ0n) is 32.5. The summed E-state index contributed by atoms with van der Waals surface area (Å²) in [6.45, 7) is 4.79. The van der Waals surface area contributed by atoms with E-state index in [2.05, 4.69) is 13.8 Å². The van der Waals surface area contributed by atoms with Crippen molar-refractivity contribution < 1.29 is 49.1 Å². The minimum Gasteiger partial charge on any atom is -0.475 e. The van der Waals surface area contributed by atoms with Crippen LogP contribution in [0.3, 0.4) is 0 Å². The zero-order valence-corrected chi connectivity index (χ0v) is 32.5. The summed E-state index contributed by atoms with van der Waals surface area (Å²) in [6.07, 6.45) is 25.5. The predicted octanol–water partition coefficient (Wildman–Crippen LogP) is 9.25. The molecule has 0 saturated heterocycles. The van der Waals surface area contributed by atoms with Crippen molar-refractivity contribution in [2.45, 2.75) is 213 Å². The summed E-state index contributed by atoms with van der Waals surface area (Å²) < 4.78 is 10.1. The molecule has 0 aliphatic carbocycles. The molecular formula is C41H74O10. The predicted molar refractivity (Wildman–Crippen MR) is 201 cm³/mol. The number of esters is 3. The maximum atomic E-state index is 13.1. The molecule has 0 radical (unpaired) electrons. The molecule has 0 saturated carbocycles. The zero-order chi connectivity index (χ0) is 38.1. The first kappa shape index (κ1) is 48.7. The number of aliphatic hydroxyl groups is 3. The average molecular weight is 727 g/mol. The van der Waals surface area contributed by atoms with Crippen LogP contribution < -0.4 is 0 Å². The van der Waals surface area contributed by atoms with E-state index in [-0.39, 0.29) is 12.8 Å². The summed E-state index contributed by atoms with van der Waals surface area (Å²) in [5.74, 6) is -7.39. The van der Waals surface area contributed by atoms with Gasteiger partial charge in [-0.3, -0.25) is 9.59 Å². The number of hydrogen-bond donors (Lipinski definition) is 4. The summed E-state index contributed by atoms with van der Waals surface area (Å²) in [6, 6.07) is 0. The van der Waals surface area contributed by atoms with Crippen LogP contribution in [0.15, 0.2) is 11.3 Å². The van der Waals surface area contributed by atoms with Crippen LogP contribution >= 0.6 is 0 Å². The van der Waals surface area contributed by atoms with Crippen molar-refractivity contribution in [1.82, 2.24) is 0 Å². The second kappa shape index (κ2) is 33.5. The molecule has 0 spiro atoms. The van der Waals surface area contributed by atoms with Gasteiger partial charge in [0, 0.05) is 18.8 Å². The second-order valence-electron chi connectivity index (χ2n) is 14.3. The van der Waals surface area contributed by atoms with Crippen LogP contribution in [0, 0.1) is 5.92 Å². The Morgan fingerprint density at radius 3 is 1.14 bits per heavy atom. The van der Waals surface area contributed by atoms with E-state index in [1.54, 1.807) is 0 Å². The van der Waals surface area contributed by atoms with Crippen molar-refractivity contribution in [3.8, 4) is 0 Å². The van der Waals surface area contributed by atoms with Crippen molar-refractivity contribution in [2.24, 2.45) is 5.92 Å². The van der Waals surface area contributed by atoms with Crippen molar-refractivity contribution in [1.29, 1.82) is 0 Å². The van der Waals surface area contributed by atoms with Crippen molar-refractivity contribution in [3.05, 3.63) is 11.3 Å². The number of aliphatic hydroxyl groups excluding tert-OH is 3. The maximum Gasteiger partial charge on any atom is 0.372 e. The molecule has 0 bridgehead atoms. The molecule has 298 valence electrons. The number of rotatable bonds is 35. The lowest BCUT2D eigenvalue weighted by Crippen LogP contribution is -2.38. The van der Waals surface area contributed by atoms with E-state index in [1.165, 1.54) is 110 Å². The topological polar surface area (TPSA) is 168 Å². The molecular weight excluding hydrogens is 652 g/mol. The Morgan fingerprint density at radius 2 is 0.824 bits per heavy atom. The fourth-order valence-electron chi connectivity index (χ4n) is 6.26. The van der Waals surface area contributed by atoms with Gasteiger partial charge in [0.1, 0.15) is 6.10 Å². The molecule has 0 amide bonds. The lowest BCUT2D eigenvalue weighted by Gasteiger charge is -2.24. The first-order valence-corrected chi connectivity index (χ1v) is 20.5. The summed E-state index contributed by atoms with van der Waals surface area (Å²) >= 11 is 0. The van der Waals surface area contributed by atoms with Gasteiger partial charge < -0.3 is 29.9 Å². The molecule has 0 aromatic rings. The van der Waals surface area contributed by atoms with E-state index in [9.17, 15) is 39.6 Å². The molecule has 3 unspecified atom stereocenters. The van der Waals surface area contributed by atoms with E-state index in [1.807, 2.05) is 0 Å². The smallest absolute Gasteiger partial charge is 0.372 e. The van der Waals surface area contributed by atoms with Crippen LogP contribution in [-0.4, -0.2) is 63.1 Å². The monoisotopic (exact) mass is 727 g/mol. The molecule has 0 rings (SSSR count). The third-order valence-electron chi connectivity index (χ3n) is 9.60. The Labute approximate surface area is 309 Å². The Balaban J connectivity index is 4.86. The van der Waals surface area contributed by atoms with Crippen LogP contribution in [0.25, 0.3) is 0 Å². The normalized spacial score (nSPS) is 13.7. The number of carboxylic acids is 1. The lowest BCUT2D eigenvalue weighted by molar-refractivity contribution is -0.159. The second-order valence-corrected chi connectivity index (χ2v) is 14.3. The van der Waals surface area contributed by atoms with Gasteiger partial charge in [-0.15, -0.1) is 0 Å². The largest absolute Gasteiger partial charge is 0.475 e. The SMILES string of the molecule is CCCCCCCCCCCCCCCC(=O)OC(=O)/C(=C(\OC(=O)CCCCCCCCCCCCCCC)C(=O)O)C(C)C(O)C(O)CO. The lowest BCUT2D eigenvalue weighted by atomic mass is 9.90. The molecule has 4 N–H and O–H groups in total. The summed E-state index contributed by atoms with van der Waals surface area (Å²) in [5, 5.41) is 39.7. The fraction of sp³-hybridized carbons (Fsp3) is 0.854. The van der Waals surface area contributed by atoms with Gasteiger partial charge in [-0.2, -0.15) is 0 Å². The van der Waals surface area contributed by atoms with Crippen LogP contribution in [0.2, 0.25) is 0 Å². The van der Waals surface area contributed by atoms with Gasteiger partial charge in [0.2, 0.25) is 5.76 Å². The van der Waals surface area contributed by atoms with E-state index in [4.69, 9.17) is 9.47 Å². The molecule has 3 atom stereocenters. The van der Waals surface area contributed by atoms with Gasteiger partial charge in [-0.05, 0) is 12.8 Å². The van der Waals surface area contributed by atoms with Crippen molar-refractivity contribution in [3.63, 3.8) is 0 Å². The molecule has 10 nitrogen and oxygen atoms in total. The highest BCUT2D eigenvalue weighted by atomic mass is 16.6. The van der Waals surface area contributed by atoms with Gasteiger partial charge in [-0.25, -0.2) is 9.59 Å². The third kappa shape index (κ3) is 26.2. The minimum absolute atomic E-state index is 0.0613. The van der Waals surface area contributed by atoms with E-state index < -0.39 is 59.9 Å². The molecule has 10 heteroatoms. The highest BCUT2D eigenvalue weighted by Crippen LogP contribution is 2.25. The molecule has 0 heterocycles. The average Bonchev–Trinajstić information content (AvgIpc) is 3.10. The standard InChI is InChI=1S/C41H74O10/c1-4-6-8-10-12-14-16-18-20-22-24-26-28-30-35(44)50-39(40(47)48)37(33(3)38(46)34(43)32-42)41(49)51-36(45)31-29-27-25-23-21-19-17-15-13-11-9-7-5-2/h33-34,38,42-43,46H,4-32H2,1-3H3,(H,47,48)/b39-37-. The first-order chi connectivity index (χ1) is 24.6. The van der Waals surface area contributed by atoms with E-state index in [0.29, 0.717) is 12.8 Å². The first-order valence-electron chi connectivity index (χ1n) is 20.5. The van der Waals surface area contributed by atoms with Crippen LogP contribution in [-0.2, 0) is 28.7 Å². The third-order valence-corrected chi connectivity index (χ3v) is 9.60. The number of unbranched alkanes of at least 4 members (excludes halogenated alkanes) is 24. The summed E-state index contributed by atoms with van der Waals surface area (Å²) in [4.78, 5) is 50.5. The van der Waals surface area contributed by atoms with Crippen LogP contribution in [0.1, 0.15) is 201 Å². The van der Waals surface area contributed by atoms with Gasteiger partial charge >= 0.3 is 23.9 Å². The highest BCUT2D eigenvalue weighted by molar-refractivity contribution is 6.03. The fourth-order valence-corrected chi connectivity index (χ4v) is 6.26. The minimum atomic E-state index is -1.80. The van der Waals surface area contributed by atoms with Crippen LogP contribution in [0.5, 0.6) is 0 Å². The molecule has 0 aromatic carbocycles. The van der Waals surface area contributed by atoms with Crippen LogP contribution in [0.4, 0.5) is 0 Å². The number of carboxylic acid groups (broad SMARTS) is 1.